The van der Waals surface area contributed by atoms with Crippen LogP contribution in [0.15, 0.2) is 5.10 Å². The lowest BCUT2D eigenvalue weighted by Gasteiger charge is -2.28. The molecule has 1 aliphatic carbocycles. The van der Waals surface area contributed by atoms with E-state index in [4.69, 9.17) is 5.73 Å². The summed E-state index contributed by atoms with van der Waals surface area (Å²) in [5.74, 6) is 0.175. The molecule has 0 spiro atoms. The van der Waals surface area contributed by atoms with Gasteiger partial charge in [0, 0.05) is 13.0 Å². The van der Waals surface area contributed by atoms with Crippen LogP contribution in [0.25, 0.3) is 0 Å². The fourth-order valence-electron chi connectivity index (χ4n) is 2.20. The maximum absolute atomic E-state index is 11.6. The maximum Gasteiger partial charge on any atom is 0.243 e. The van der Waals surface area contributed by atoms with Crippen molar-refractivity contribution in [2.45, 2.75) is 44.6 Å². The zero-order chi connectivity index (χ0) is 9.97. The molecule has 14 heavy (non-hydrogen) atoms. The zero-order valence-electron chi connectivity index (χ0n) is 8.41. The van der Waals surface area contributed by atoms with E-state index in [9.17, 15) is 4.79 Å². The van der Waals surface area contributed by atoms with Crippen molar-refractivity contribution in [3.63, 3.8) is 0 Å². The first-order valence-corrected chi connectivity index (χ1v) is 5.39. The Morgan fingerprint density at radius 1 is 1.36 bits per heavy atom. The zero-order valence-corrected chi connectivity index (χ0v) is 8.41. The van der Waals surface area contributed by atoms with Gasteiger partial charge in [0.15, 0.2) is 0 Å². The number of carbonyl (C=O) groups excluding carboxylic acids is 1. The molecule has 0 unspecified atom stereocenters. The largest absolute Gasteiger partial charge is 0.325 e. The van der Waals surface area contributed by atoms with Crippen molar-refractivity contribution in [3.8, 4) is 0 Å². The molecule has 0 aromatic rings. The van der Waals surface area contributed by atoms with E-state index < -0.39 is 0 Å². The van der Waals surface area contributed by atoms with E-state index in [0.717, 1.165) is 25.0 Å². The van der Waals surface area contributed by atoms with Gasteiger partial charge < -0.3 is 5.73 Å². The molecule has 1 aliphatic heterocycles. The van der Waals surface area contributed by atoms with Crippen molar-refractivity contribution in [2.75, 3.05) is 6.54 Å². The van der Waals surface area contributed by atoms with Crippen LogP contribution in [-0.2, 0) is 4.79 Å². The highest BCUT2D eigenvalue weighted by Crippen LogP contribution is 2.26. The second-order valence-electron chi connectivity index (χ2n) is 4.05. The molecule has 4 heteroatoms. The number of hydrogen-bond donors (Lipinski definition) is 1. The molecule has 1 heterocycles. The smallest absolute Gasteiger partial charge is 0.243 e. The fourth-order valence-corrected chi connectivity index (χ4v) is 2.20. The Morgan fingerprint density at radius 2 is 2.07 bits per heavy atom. The van der Waals surface area contributed by atoms with Gasteiger partial charge in [-0.05, 0) is 19.3 Å². The van der Waals surface area contributed by atoms with Gasteiger partial charge in [0.05, 0.1) is 11.8 Å². The minimum absolute atomic E-state index is 0.175. The van der Waals surface area contributed by atoms with Crippen LogP contribution in [0.3, 0.4) is 0 Å². The summed E-state index contributed by atoms with van der Waals surface area (Å²) in [6.07, 6.45) is 6.00. The topological polar surface area (TPSA) is 58.7 Å². The number of carbonyl (C=O) groups is 1. The third kappa shape index (κ3) is 1.80. The maximum atomic E-state index is 11.6. The summed E-state index contributed by atoms with van der Waals surface area (Å²) in [7, 11) is 0. The van der Waals surface area contributed by atoms with Gasteiger partial charge in [0.1, 0.15) is 0 Å². The molecule has 1 fully saturated rings. The molecule has 1 amide bonds. The van der Waals surface area contributed by atoms with Crippen LogP contribution in [0.1, 0.15) is 38.5 Å². The van der Waals surface area contributed by atoms with Crippen molar-refractivity contribution in [3.05, 3.63) is 0 Å². The predicted octanol–water partition coefficient (Wildman–Crippen LogP) is 0.866. The second kappa shape index (κ2) is 4.09. The molecule has 1 saturated carbocycles. The van der Waals surface area contributed by atoms with Crippen LogP contribution >= 0.6 is 0 Å². The Labute approximate surface area is 84.1 Å². The summed E-state index contributed by atoms with van der Waals surface area (Å²) < 4.78 is 0. The highest BCUT2D eigenvalue weighted by atomic mass is 16.2. The van der Waals surface area contributed by atoms with Crippen molar-refractivity contribution >= 4 is 11.6 Å². The average Bonchev–Trinajstić information content (AvgIpc) is 2.71. The van der Waals surface area contributed by atoms with E-state index in [-0.39, 0.29) is 5.91 Å². The molecule has 0 bridgehead atoms. The number of hydrogen-bond acceptors (Lipinski definition) is 3. The molecule has 0 saturated heterocycles. The van der Waals surface area contributed by atoms with Gasteiger partial charge in [-0.2, -0.15) is 5.10 Å². The summed E-state index contributed by atoms with van der Waals surface area (Å²) in [5, 5.41) is 6.03. The highest BCUT2D eigenvalue weighted by Gasteiger charge is 2.29. The van der Waals surface area contributed by atoms with Crippen molar-refractivity contribution < 1.29 is 4.79 Å². The summed E-state index contributed by atoms with van der Waals surface area (Å²) in [5.41, 5.74) is 6.51. The van der Waals surface area contributed by atoms with Crippen LogP contribution in [-0.4, -0.2) is 29.2 Å². The van der Waals surface area contributed by atoms with E-state index in [1.165, 1.54) is 12.8 Å². The van der Waals surface area contributed by atoms with Gasteiger partial charge in [0.2, 0.25) is 5.91 Å². The normalized spacial score (nSPS) is 24.2. The van der Waals surface area contributed by atoms with Crippen LogP contribution in [0.5, 0.6) is 0 Å². The monoisotopic (exact) mass is 195 g/mol. The first kappa shape index (κ1) is 9.65. The van der Waals surface area contributed by atoms with E-state index in [2.05, 4.69) is 5.10 Å². The Bertz CT molecular complexity index is 256. The summed E-state index contributed by atoms with van der Waals surface area (Å²) in [4.78, 5) is 11.6. The number of nitrogens with zero attached hydrogens (tertiary/aromatic N) is 2. The van der Waals surface area contributed by atoms with Gasteiger partial charge in [-0.15, -0.1) is 0 Å². The van der Waals surface area contributed by atoms with Crippen LogP contribution in [0, 0.1) is 0 Å². The average molecular weight is 195 g/mol. The van der Waals surface area contributed by atoms with Gasteiger partial charge in [0.25, 0.3) is 0 Å². The fraction of sp³-hybridized carbons (Fsp3) is 0.800. The predicted molar refractivity (Wildman–Crippen MR) is 54.8 cm³/mol. The molecular formula is C10H17N3O. The van der Waals surface area contributed by atoms with Crippen molar-refractivity contribution in [1.29, 1.82) is 0 Å². The van der Waals surface area contributed by atoms with Crippen LogP contribution < -0.4 is 5.73 Å². The SMILES string of the molecule is NCC1=NN(C2CCCC2)C(=O)CC1. The molecule has 0 aromatic heterocycles. The molecule has 2 aliphatic rings. The van der Waals surface area contributed by atoms with Gasteiger partial charge in [-0.3, -0.25) is 4.79 Å². The van der Waals surface area contributed by atoms with E-state index in [1.54, 1.807) is 5.01 Å². The Morgan fingerprint density at radius 3 is 2.71 bits per heavy atom. The second-order valence-corrected chi connectivity index (χ2v) is 4.05. The molecular weight excluding hydrogens is 178 g/mol. The first-order chi connectivity index (χ1) is 6.81. The minimum atomic E-state index is 0.175. The summed E-state index contributed by atoms with van der Waals surface area (Å²) in [6.45, 7) is 0.483. The minimum Gasteiger partial charge on any atom is -0.325 e. The summed E-state index contributed by atoms with van der Waals surface area (Å²) in [6, 6.07) is 0.351. The molecule has 78 valence electrons. The summed E-state index contributed by atoms with van der Waals surface area (Å²) >= 11 is 0. The van der Waals surface area contributed by atoms with E-state index in [1.807, 2.05) is 0 Å². The Hall–Kier alpha value is -0.900. The number of rotatable bonds is 2. The molecule has 0 atom stereocenters. The van der Waals surface area contributed by atoms with Gasteiger partial charge in [-0.1, -0.05) is 12.8 Å². The lowest BCUT2D eigenvalue weighted by Crippen LogP contribution is -2.39. The molecule has 4 nitrogen and oxygen atoms in total. The lowest BCUT2D eigenvalue weighted by molar-refractivity contribution is -0.134. The molecule has 2 N–H and O–H groups in total. The van der Waals surface area contributed by atoms with Crippen LogP contribution in [0.4, 0.5) is 0 Å². The molecule has 0 radical (unpaired) electrons. The quantitative estimate of drug-likeness (QED) is 0.710. The third-order valence-corrected chi connectivity index (χ3v) is 3.04. The van der Waals surface area contributed by atoms with Crippen LogP contribution in [0.2, 0.25) is 0 Å². The lowest BCUT2D eigenvalue weighted by atomic mass is 10.1. The van der Waals surface area contributed by atoms with E-state index in [0.29, 0.717) is 19.0 Å². The standard InChI is InChI=1S/C10H17N3O/c11-7-8-5-6-10(14)13(12-8)9-3-1-2-4-9/h9H,1-7,11H2. The van der Waals surface area contributed by atoms with Crippen molar-refractivity contribution in [1.82, 2.24) is 5.01 Å². The number of nitrogens with two attached hydrogens (primary N) is 1. The van der Waals surface area contributed by atoms with Gasteiger partial charge >= 0.3 is 0 Å². The third-order valence-electron chi connectivity index (χ3n) is 3.04. The number of amides is 1. The molecule has 2 rings (SSSR count). The Balaban J connectivity index is 2.10. The first-order valence-electron chi connectivity index (χ1n) is 5.39. The van der Waals surface area contributed by atoms with E-state index >= 15 is 0 Å². The highest BCUT2D eigenvalue weighted by molar-refractivity contribution is 5.93. The number of hydrazone groups is 1. The van der Waals surface area contributed by atoms with Gasteiger partial charge in [-0.25, -0.2) is 5.01 Å². The van der Waals surface area contributed by atoms with Crippen molar-refractivity contribution in [2.24, 2.45) is 10.8 Å². The molecule has 0 aromatic carbocycles. The Kier molecular flexibility index (Phi) is 2.82.